The second-order valence-electron chi connectivity index (χ2n) is 7.91. The van der Waals surface area contributed by atoms with Crippen LogP contribution in [0.4, 0.5) is 0 Å². The summed E-state index contributed by atoms with van der Waals surface area (Å²) in [6.45, 7) is 1.23. The number of hydrogen-bond acceptors (Lipinski definition) is 3. The predicted molar refractivity (Wildman–Crippen MR) is 93.5 cm³/mol. The minimum atomic E-state index is -0.676. The molecule has 25 heavy (non-hydrogen) atoms. The highest BCUT2D eigenvalue weighted by atomic mass is 16.5. The summed E-state index contributed by atoms with van der Waals surface area (Å²) in [5.41, 5.74) is 6.31. The molecule has 2 bridgehead atoms. The first-order valence-corrected chi connectivity index (χ1v) is 9.33. The molecule has 0 spiro atoms. The standard InChI is InChI=1S/C20H26N2O3/c21-18(23)17-13-22(8-9-25-17)19(24)20(11-14-4-2-1-3-5-14)12-15-6-7-16(20)10-15/h1-5,15-17H,6-13H2,(H2,21,23)/t15-,16-,17-,20+/m0/s1. The van der Waals surface area contributed by atoms with Crippen molar-refractivity contribution in [1.29, 1.82) is 0 Å². The molecule has 5 nitrogen and oxygen atoms in total. The van der Waals surface area contributed by atoms with E-state index < -0.39 is 12.0 Å². The van der Waals surface area contributed by atoms with E-state index >= 15 is 0 Å². The molecule has 2 saturated carbocycles. The number of carbonyl (C=O) groups is 2. The number of benzene rings is 1. The summed E-state index contributed by atoms with van der Waals surface area (Å²) in [6, 6.07) is 10.3. The molecule has 4 rings (SSSR count). The normalized spacial score (nSPS) is 34.2. The van der Waals surface area contributed by atoms with E-state index in [0.717, 1.165) is 19.3 Å². The summed E-state index contributed by atoms with van der Waals surface area (Å²) < 4.78 is 5.43. The van der Waals surface area contributed by atoms with E-state index in [1.807, 2.05) is 23.1 Å². The van der Waals surface area contributed by atoms with Crippen molar-refractivity contribution < 1.29 is 14.3 Å². The number of carbonyl (C=O) groups excluding carboxylic acids is 2. The second kappa shape index (κ2) is 6.45. The van der Waals surface area contributed by atoms with E-state index in [2.05, 4.69) is 12.1 Å². The fourth-order valence-electron chi connectivity index (χ4n) is 5.28. The van der Waals surface area contributed by atoms with Gasteiger partial charge in [0, 0.05) is 6.54 Å². The summed E-state index contributed by atoms with van der Waals surface area (Å²) in [4.78, 5) is 26.9. The predicted octanol–water partition coefficient (Wildman–Crippen LogP) is 1.75. The molecular formula is C20H26N2O3. The van der Waals surface area contributed by atoms with Crippen LogP contribution in [0.25, 0.3) is 0 Å². The van der Waals surface area contributed by atoms with Crippen LogP contribution in [0, 0.1) is 17.3 Å². The molecule has 0 radical (unpaired) electrons. The van der Waals surface area contributed by atoms with Gasteiger partial charge in [-0.25, -0.2) is 0 Å². The van der Waals surface area contributed by atoms with Gasteiger partial charge in [-0.2, -0.15) is 0 Å². The summed E-state index contributed by atoms with van der Waals surface area (Å²) >= 11 is 0. The molecule has 3 aliphatic rings. The number of morpholine rings is 1. The first-order valence-electron chi connectivity index (χ1n) is 9.33. The molecule has 2 aliphatic carbocycles. The van der Waals surface area contributed by atoms with Crippen molar-refractivity contribution >= 4 is 11.8 Å². The highest BCUT2D eigenvalue weighted by Gasteiger charge is 2.56. The van der Waals surface area contributed by atoms with Crippen molar-refractivity contribution in [2.24, 2.45) is 23.0 Å². The minimum absolute atomic E-state index is 0.207. The lowest BCUT2D eigenvalue weighted by atomic mass is 9.68. The van der Waals surface area contributed by atoms with E-state index in [9.17, 15) is 9.59 Å². The van der Waals surface area contributed by atoms with Crippen molar-refractivity contribution in [2.75, 3.05) is 19.7 Å². The Morgan fingerprint density at radius 2 is 2.04 bits per heavy atom. The zero-order valence-corrected chi connectivity index (χ0v) is 14.5. The topological polar surface area (TPSA) is 72.6 Å². The third-order valence-corrected chi connectivity index (χ3v) is 6.43. The summed E-state index contributed by atoms with van der Waals surface area (Å²) in [7, 11) is 0. The molecule has 0 aromatic heterocycles. The molecule has 1 aromatic rings. The second-order valence-corrected chi connectivity index (χ2v) is 7.91. The van der Waals surface area contributed by atoms with Crippen molar-refractivity contribution in [2.45, 2.75) is 38.2 Å². The first-order chi connectivity index (χ1) is 12.1. The Kier molecular flexibility index (Phi) is 4.28. The molecule has 1 aromatic carbocycles. The van der Waals surface area contributed by atoms with Gasteiger partial charge in [-0.1, -0.05) is 36.8 Å². The molecule has 134 valence electrons. The van der Waals surface area contributed by atoms with E-state index in [1.54, 1.807) is 0 Å². The quantitative estimate of drug-likeness (QED) is 0.906. The lowest BCUT2D eigenvalue weighted by Gasteiger charge is -2.42. The van der Waals surface area contributed by atoms with E-state index in [4.69, 9.17) is 10.5 Å². The fraction of sp³-hybridized carbons (Fsp3) is 0.600. The minimum Gasteiger partial charge on any atom is -0.367 e. The Morgan fingerprint density at radius 3 is 2.68 bits per heavy atom. The molecule has 1 saturated heterocycles. The van der Waals surface area contributed by atoms with Crippen LogP contribution in [0.1, 0.15) is 31.2 Å². The Morgan fingerprint density at radius 1 is 1.24 bits per heavy atom. The van der Waals surface area contributed by atoms with Crippen LogP contribution in [0.2, 0.25) is 0 Å². The van der Waals surface area contributed by atoms with Crippen LogP contribution in [-0.4, -0.2) is 42.5 Å². The number of amides is 2. The third kappa shape index (κ3) is 2.95. The van der Waals surface area contributed by atoms with Gasteiger partial charge in [0.15, 0.2) is 6.10 Å². The van der Waals surface area contributed by atoms with Crippen LogP contribution in [0.5, 0.6) is 0 Å². The SMILES string of the molecule is NC(=O)[C@@H]1CN(C(=O)[C@]2(Cc3ccccc3)C[C@H]3CC[C@H]2C3)CCO1. The highest BCUT2D eigenvalue weighted by Crippen LogP contribution is 2.58. The van der Waals surface area contributed by atoms with Crippen molar-refractivity contribution in [1.82, 2.24) is 4.90 Å². The Balaban J connectivity index is 1.60. The van der Waals surface area contributed by atoms with E-state index in [-0.39, 0.29) is 11.3 Å². The van der Waals surface area contributed by atoms with Crippen molar-refractivity contribution in [3.63, 3.8) is 0 Å². The molecule has 1 heterocycles. The van der Waals surface area contributed by atoms with Crippen molar-refractivity contribution in [3.05, 3.63) is 35.9 Å². The van der Waals surface area contributed by atoms with Crippen LogP contribution in [0.15, 0.2) is 30.3 Å². The smallest absolute Gasteiger partial charge is 0.248 e. The number of nitrogens with two attached hydrogens (primary N) is 1. The number of rotatable bonds is 4. The lowest BCUT2D eigenvalue weighted by molar-refractivity contribution is -0.156. The molecular weight excluding hydrogens is 316 g/mol. The van der Waals surface area contributed by atoms with Crippen LogP contribution < -0.4 is 5.73 Å². The number of nitrogens with zero attached hydrogens (tertiary/aromatic N) is 1. The molecule has 4 atom stereocenters. The molecule has 1 aliphatic heterocycles. The maximum atomic E-state index is 13.6. The average molecular weight is 342 g/mol. The van der Waals surface area contributed by atoms with Crippen LogP contribution >= 0.6 is 0 Å². The molecule has 5 heteroatoms. The fourth-order valence-corrected chi connectivity index (χ4v) is 5.28. The summed E-state index contributed by atoms with van der Waals surface area (Å²) in [6.07, 6.45) is 4.66. The lowest BCUT2D eigenvalue weighted by Crippen LogP contribution is -2.56. The van der Waals surface area contributed by atoms with Crippen molar-refractivity contribution in [3.8, 4) is 0 Å². The molecule has 0 unspecified atom stereocenters. The van der Waals surface area contributed by atoms with Gasteiger partial charge in [0.2, 0.25) is 11.8 Å². The monoisotopic (exact) mass is 342 g/mol. The van der Waals surface area contributed by atoms with Gasteiger partial charge >= 0.3 is 0 Å². The number of hydrogen-bond donors (Lipinski definition) is 1. The van der Waals surface area contributed by atoms with E-state index in [0.29, 0.717) is 31.5 Å². The van der Waals surface area contributed by atoms with Gasteiger partial charge < -0.3 is 15.4 Å². The highest BCUT2D eigenvalue weighted by molar-refractivity contribution is 5.86. The number of primary amides is 1. The Bertz CT molecular complexity index is 662. The number of fused-ring (bicyclic) bond motifs is 2. The zero-order valence-electron chi connectivity index (χ0n) is 14.5. The van der Waals surface area contributed by atoms with Gasteiger partial charge in [-0.05, 0) is 43.1 Å². The Labute approximate surface area is 148 Å². The third-order valence-electron chi connectivity index (χ3n) is 6.43. The Hall–Kier alpha value is -1.88. The van der Waals surface area contributed by atoms with Gasteiger partial charge in [0.25, 0.3) is 0 Å². The largest absolute Gasteiger partial charge is 0.367 e. The van der Waals surface area contributed by atoms with Crippen LogP contribution in [-0.2, 0) is 20.7 Å². The molecule has 3 fully saturated rings. The van der Waals surface area contributed by atoms with Gasteiger partial charge in [0.1, 0.15) is 0 Å². The average Bonchev–Trinajstić information content (AvgIpc) is 3.23. The van der Waals surface area contributed by atoms with Gasteiger partial charge in [-0.15, -0.1) is 0 Å². The summed E-state index contributed by atoms with van der Waals surface area (Å²) in [5, 5.41) is 0. The molecule has 2 N–H and O–H groups in total. The van der Waals surface area contributed by atoms with Gasteiger partial charge in [0.05, 0.1) is 18.6 Å². The zero-order chi connectivity index (χ0) is 17.4. The maximum Gasteiger partial charge on any atom is 0.248 e. The maximum absolute atomic E-state index is 13.6. The summed E-state index contributed by atoms with van der Waals surface area (Å²) in [5.74, 6) is 0.853. The van der Waals surface area contributed by atoms with E-state index in [1.165, 1.54) is 18.4 Å². The molecule has 2 amide bonds. The van der Waals surface area contributed by atoms with Crippen LogP contribution in [0.3, 0.4) is 0 Å². The first kappa shape index (κ1) is 16.6. The van der Waals surface area contributed by atoms with Gasteiger partial charge in [-0.3, -0.25) is 9.59 Å². The number of ether oxygens (including phenoxy) is 1.